The molecule has 0 aromatic heterocycles. The number of carbonyl (C=O) groups excluding carboxylic acids is 1. The molecule has 0 bridgehead atoms. The fraction of sp³-hybridized carbons (Fsp3) is 0.533. The molecule has 5 nitrogen and oxygen atoms in total. The molecule has 1 fully saturated rings. The van der Waals surface area contributed by atoms with E-state index in [1.165, 1.54) is 0 Å². The molecule has 1 heterocycles. The Morgan fingerprint density at radius 3 is 2.30 bits per heavy atom. The summed E-state index contributed by atoms with van der Waals surface area (Å²) in [5.41, 5.74) is 0.944. The van der Waals surface area contributed by atoms with Crippen LogP contribution in [0.2, 0.25) is 0 Å². The highest BCUT2D eigenvalue weighted by molar-refractivity contribution is 5.71. The lowest BCUT2D eigenvalue weighted by molar-refractivity contribution is -0.147. The van der Waals surface area contributed by atoms with E-state index in [0.717, 1.165) is 18.4 Å². The van der Waals surface area contributed by atoms with Crippen LogP contribution in [0, 0.1) is 0 Å². The summed E-state index contributed by atoms with van der Waals surface area (Å²) >= 11 is 0. The smallest absolute Gasteiger partial charge is 0.320 e. The third kappa shape index (κ3) is 3.79. The molecular weight excluding hydrogens is 258 g/mol. The monoisotopic (exact) mass is 279 g/mol. The molecule has 0 spiro atoms. The Morgan fingerprint density at radius 2 is 1.75 bits per heavy atom. The van der Waals surface area contributed by atoms with Crippen molar-refractivity contribution in [2.24, 2.45) is 0 Å². The maximum absolute atomic E-state index is 11.9. The molecule has 1 aromatic carbocycles. The predicted octanol–water partition coefficient (Wildman–Crippen LogP) is 0.547. The van der Waals surface area contributed by atoms with E-state index < -0.39 is 0 Å². The minimum absolute atomic E-state index is 0.00245. The minimum Gasteiger partial charge on any atom is -0.460 e. The standard InChI is InChI=1S/C15H21NO4/c17-9-13-6-7-14(10-18)16(13)8-15(19)20-11-12-4-2-1-3-5-12/h1-5,13-14,17-18H,6-11H2. The van der Waals surface area contributed by atoms with Crippen LogP contribution in [0.25, 0.3) is 0 Å². The fourth-order valence-corrected chi connectivity index (χ4v) is 2.60. The largest absolute Gasteiger partial charge is 0.460 e. The van der Waals surface area contributed by atoms with Gasteiger partial charge < -0.3 is 14.9 Å². The SMILES string of the molecule is O=C(CN1C(CO)CCC1CO)OCc1ccccc1. The number of esters is 1. The van der Waals surface area contributed by atoms with Crippen molar-refractivity contribution >= 4 is 5.97 Å². The molecule has 1 aliphatic rings. The van der Waals surface area contributed by atoms with E-state index in [0.29, 0.717) is 0 Å². The molecule has 110 valence electrons. The lowest BCUT2D eigenvalue weighted by Gasteiger charge is -2.26. The van der Waals surface area contributed by atoms with Crippen LogP contribution in [-0.2, 0) is 16.1 Å². The van der Waals surface area contributed by atoms with Gasteiger partial charge in [0.15, 0.2) is 0 Å². The van der Waals surface area contributed by atoms with E-state index in [2.05, 4.69) is 0 Å². The Labute approximate surface area is 118 Å². The molecule has 2 unspecified atom stereocenters. The van der Waals surface area contributed by atoms with Crippen molar-refractivity contribution in [3.8, 4) is 0 Å². The molecule has 0 radical (unpaired) electrons. The van der Waals surface area contributed by atoms with E-state index in [-0.39, 0.29) is 44.4 Å². The molecule has 2 atom stereocenters. The van der Waals surface area contributed by atoms with Crippen LogP contribution < -0.4 is 0 Å². The summed E-state index contributed by atoms with van der Waals surface area (Å²) in [5, 5.41) is 18.6. The van der Waals surface area contributed by atoms with Gasteiger partial charge in [-0.05, 0) is 18.4 Å². The normalized spacial score (nSPS) is 22.9. The van der Waals surface area contributed by atoms with Crippen LogP contribution in [0.4, 0.5) is 0 Å². The number of aliphatic hydroxyl groups excluding tert-OH is 2. The number of hydrogen-bond donors (Lipinski definition) is 2. The summed E-state index contributed by atoms with van der Waals surface area (Å²) in [6, 6.07) is 9.38. The molecule has 1 aliphatic heterocycles. The van der Waals surface area contributed by atoms with E-state index >= 15 is 0 Å². The molecule has 0 saturated carbocycles. The summed E-state index contributed by atoms with van der Waals surface area (Å²) in [4.78, 5) is 13.7. The van der Waals surface area contributed by atoms with Crippen LogP contribution in [0.3, 0.4) is 0 Å². The van der Waals surface area contributed by atoms with Gasteiger partial charge in [-0.1, -0.05) is 30.3 Å². The first-order valence-corrected chi connectivity index (χ1v) is 6.91. The zero-order valence-electron chi connectivity index (χ0n) is 11.4. The maximum Gasteiger partial charge on any atom is 0.320 e. The summed E-state index contributed by atoms with van der Waals surface area (Å²) in [6.07, 6.45) is 1.60. The molecule has 1 saturated heterocycles. The van der Waals surface area contributed by atoms with E-state index in [1.807, 2.05) is 35.2 Å². The summed E-state index contributed by atoms with van der Waals surface area (Å²) in [7, 11) is 0. The van der Waals surface area contributed by atoms with Crippen LogP contribution in [0.1, 0.15) is 18.4 Å². The van der Waals surface area contributed by atoms with Crippen molar-refractivity contribution in [3.05, 3.63) is 35.9 Å². The molecule has 0 aliphatic carbocycles. The van der Waals surface area contributed by atoms with Gasteiger partial charge in [0.05, 0.1) is 19.8 Å². The van der Waals surface area contributed by atoms with E-state index in [1.54, 1.807) is 0 Å². The second-order valence-electron chi connectivity index (χ2n) is 5.07. The Bertz CT molecular complexity index is 411. The van der Waals surface area contributed by atoms with Crippen molar-refractivity contribution in [2.75, 3.05) is 19.8 Å². The van der Waals surface area contributed by atoms with Gasteiger partial charge >= 0.3 is 5.97 Å². The number of aliphatic hydroxyl groups is 2. The van der Waals surface area contributed by atoms with E-state index in [4.69, 9.17) is 4.74 Å². The van der Waals surface area contributed by atoms with Crippen molar-refractivity contribution in [3.63, 3.8) is 0 Å². The summed E-state index contributed by atoms with van der Waals surface area (Å²) < 4.78 is 5.23. The van der Waals surface area contributed by atoms with Crippen molar-refractivity contribution in [1.82, 2.24) is 4.90 Å². The van der Waals surface area contributed by atoms with Crippen LogP contribution >= 0.6 is 0 Å². The van der Waals surface area contributed by atoms with Crippen molar-refractivity contribution < 1.29 is 19.7 Å². The van der Waals surface area contributed by atoms with Gasteiger partial charge in [-0.3, -0.25) is 9.69 Å². The number of likely N-dealkylation sites (tertiary alicyclic amines) is 1. The topological polar surface area (TPSA) is 70.0 Å². The molecule has 2 rings (SSSR count). The molecule has 1 aromatic rings. The number of benzene rings is 1. The lowest BCUT2D eigenvalue weighted by Crippen LogP contribution is -2.43. The molecule has 0 amide bonds. The second-order valence-corrected chi connectivity index (χ2v) is 5.07. The minimum atomic E-state index is -0.326. The van der Waals surface area contributed by atoms with Crippen LogP contribution in [0.15, 0.2) is 30.3 Å². The van der Waals surface area contributed by atoms with Gasteiger partial charge in [-0.15, -0.1) is 0 Å². The maximum atomic E-state index is 11.9. The quantitative estimate of drug-likeness (QED) is 0.744. The summed E-state index contributed by atoms with van der Waals surface area (Å²) in [5.74, 6) is -0.326. The highest BCUT2D eigenvalue weighted by Crippen LogP contribution is 2.23. The van der Waals surface area contributed by atoms with Crippen molar-refractivity contribution in [1.29, 1.82) is 0 Å². The van der Waals surface area contributed by atoms with Gasteiger partial charge in [0, 0.05) is 12.1 Å². The number of ether oxygens (including phenoxy) is 1. The van der Waals surface area contributed by atoms with Crippen LogP contribution in [0.5, 0.6) is 0 Å². The number of carbonyl (C=O) groups is 1. The molecule has 2 N–H and O–H groups in total. The Balaban J connectivity index is 1.84. The molecule has 5 heteroatoms. The van der Waals surface area contributed by atoms with Gasteiger partial charge in [0.25, 0.3) is 0 Å². The average Bonchev–Trinajstić information content (AvgIpc) is 2.88. The molecule has 20 heavy (non-hydrogen) atoms. The Kier molecular flexibility index (Phi) is 5.52. The third-order valence-electron chi connectivity index (χ3n) is 3.75. The first-order chi connectivity index (χ1) is 9.74. The average molecular weight is 279 g/mol. The Hall–Kier alpha value is -1.43. The second kappa shape index (κ2) is 7.38. The predicted molar refractivity (Wildman–Crippen MR) is 73.9 cm³/mol. The molecular formula is C15H21NO4. The van der Waals surface area contributed by atoms with Gasteiger partial charge in [0.2, 0.25) is 0 Å². The van der Waals surface area contributed by atoms with Crippen molar-refractivity contribution in [2.45, 2.75) is 31.5 Å². The van der Waals surface area contributed by atoms with E-state index in [9.17, 15) is 15.0 Å². The summed E-state index contributed by atoms with van der Waals surface area (Å²) in [6.45, 7) is 0.370. The van der Waals surface area contributed by atoms with Gasteiger partial charge in [-0.2, -0.15) is 0 Å². The zero-order chi connectivity index (χ0) is 14.4. The Morgan fingerprint density at radius 1 is 1.15 bits per heavy atom. The first-order valence-electron chi connectivity index (χ1n) is 6.91. The lowest BCUT2D eigenvalue weighted by atomic mass is 10.2. The third-order valence-corrected chi connectivity index (χ3v) is 3.75. The zero-order valence-corrected chi connectivity index (χ0v) is 11.4. The van der Waals surface area contributed by atoms with Gasteiger partial charge in [0.1, 0.15) is 6.61 Å². The number of rotatable bonds is 6. The highest BCUT2D eigenvalue weighted by Gasteiger charge is 2.33. The van der Waals surface area contributed by atoms with Crippen LogP contribution in [-0.4, -0.2) is 52.9 Å². The fourth-order valence-electron chi connectivity index (χ4n) is 2.60. The first kappa shape index (κ1) is 15.0. The number of nitrogens with zero attached hydrogens (tertiary/aromatic N) is 1. The number of hydrogen-bond acceptors (Lipinski definition) is 5. The highest BCUT2D eigenvalue weighted by atomic mass is 16.5. The van der Waals surface area contributed by atoms with Gasteiger partial charge in [-0.25, -0.2) is 0 Å².